The van der Waals surface area contributed by atoms with Crippen molar-refractivity contribution in [3.8, 4) is 0 Å². The number of rotatable bonds is 25. The van der Waals surface area contributed by atoms with E-state index in [2.05, 4.69) is 43.5 Å². The molecule has 7 nitrogen and oxygen atoms in total. The monoisotopic (exact) mass is 557 g/mol. The fraction of sp³-hybridized carbons (Fsp3) is 0.767. The molecule has 0 aromatic rings. The maximum Gasteiger partial charge on any atom is 0.267 e. The van der Waals surface area contributed by atoms with Crippen LogP contribution in [-0.2, 0) is 14.9 Å². The zero-order valence-electron chi connectivity index (χ0n) is 23.9. The summed E-state index contributed by atoms with van der Waals surface area (Å²) in [5.41, 5.74) is 0. The van der Waals surface area contributed by atoms with E-state index in [1.165, 1.54) is 51.0 Å². The van der Waals surface area contributed by atoms with Crippen molar-refractivity contribution < 1.29 is 28.0 Å². The largest absolute Gasteiger partial charge is 0.387 e. The molecule has 0 radical (unpaired) electrons. The number of amides is 1. The van der Waals surface area contributed by atoms with E-state index in [9.17, 15) is 28.0 Å². The molecule has 0 aliphatic rings. The lowest BCUT2D eigenvalue weighted by Crippen LogP contribution is -2.50. The van der Waals surface area contributed by atoms with Gasteiger partial charge >= 0.3 is 0 Å². The summed E-state index contributed by atoms with van der Waals surface area (Å²) >= 11 is 0. The smallest absolute Gasteiger partial charge is 0.267 e. The summed E-state index contributed by atoms with van der Waals surface area (Å²) in [5, 5.41) is 23.0. The maximum atomic E-state index is 12.4. The number of allylic oxidation sites excluding steroid dienone is 5. The molecule has 0 bridgehead atoms. The van der Waals surface area contributed by atoms with Crippen molar-refractivity contribution in [2.45, 2.75) is 141 Å². The average Bonchev–Trinajstić information content (AvgIpc) is 2.86. The van der Waals surface area contributed by atoms with Gasteiger partial charge in [0.25, 0.3) is 10.1 Å². The van der Waals surface area contributed by atoms with Crippen LogP contribution in [0.4, 0.5) is 0 Å². The van der Waals surface area contributed by atoms with Gasteiger partial charge in [-0.25, -0.2) is 0 Å². The first kappa shape index (κ1) is 36.5. The number of aliphatic hydroxyl groups excluding tert-OH is 2. The number of aliphatic hydroxyl groups is 2. The van der Waals surface area contributed by atoms with E-state index in [1.54, 1.807) is 6.08 Å². The number of carbonyl (C=O) groups excluding carboxylic acids is 1. The Balaban J connectivity index is 4.38. The van der Waals surface area contributed by atoms with E-state index in [0.29, 0.717) is 12.8 Å². The summed E-state index contributed by atoms with van der Waals surface area (Å²) in [6.45, 7) is 4.37. The van der Waals surface area contributed by atoms with Crippen molar-refractivity contribution in [3.63, 3.8) is 0 Å². The van der Waals surface area contributed by atoms with Gasteiger partial charge in [-0.05, 0) is 51.4 Å². The van der Waals surface area contributed by atoms with Crippen LogP contribution < -0.4 is 5.32 Å². The molecule has 0 spiro atoms. The molecule has 0 fully saturated rings. The number of hydrogen-bond acceptors (Lipinski definition) is 5. The second kappa shape index (κ2) is 24.6. The molecular formula is C30H55NO6S. The van der Waals surface area contributed by atoms with E-state index in [0.717, 1.165) is 44.9 Å². The lowest BCUT2D eigenvalue weighted by atomic mass is 10.1. The summed E-state index contributed by atoms with van der Waals surface area (Å²) in [6.07, 6.45) is 26.4. The van der Waals surface area contributed by atoms with Gasteiger partial charge in [0.1, 0.15) is 6.10 Å². The molecule has 1 amide bonds. The highest BCUT2D eigenvalue weighted by Gasteiger charge is 2.27. The molecule has 0 rings (SSSR count). The molecule has 0 aromatic heterocycles. The Labute approximate surface area is 232 Å². The number of hydrogen-bond donors (Lipinski definition) is 4. The summed E-state index contributed by atoms with van der Waals surface area (Å²) in [7, 11) is -4.44. The molecule has 3 atom stereocenters. The number of nitrogens with one attached hydrogen (secondary N) is 1. The quantitative estimate of drug-likeness (QED) is 0.0583. The van der Waals surface area contributed by atoms with Gasteiger partial charge in [0.15, 0.2) is 0 Å². The van der Waals surface area contributed by atoms with Crippen LogP contribution in [-0.4, -0.2) is 53.1 Å². The third kappa shape index (κ3) is 23.6. The van der Waals surface area contributed by atoms with Gasteiger partial charge in [-0.2, -0.15) is 8.42 Å². The van der Waals surface area contributed by atoms with Gasteiger partial charge in [-0.3, -0.25) is 9.35 Å². The van der Waals surface area contributed by atoms with Crippen LogP contribution in [0, 0.1) is 0 Å². The van der Waals surface area contributed by atoms with Crippen LogP contribution in [0.3, 0.4) is 0 Å². The molecule has 0 aromatic carbocycles. The summed E-state index contributed by atoms with van der Waals surface area (Å²) in [4.78, 5) is 12.4. The molecular weight excluding hydrogens is 502 g/mol. The summed E-state index contributed by atoms with van der Waals surface area (Å²) in [6, 6.07) is -1.25. The van der Waals surface area contributed by atoms with E-state index in [-0.39, 0.29) is 6.42 Å². The first-order chi connectivity index (χ1) is 18.2. The third-order valence-electron chi connectivity index (χ3n) is 6.40. The van der Waals surface area contributed by atoms with Gasteiger partial charge in [0, 0.05) is 0 Å². The van der Waals surface area contributed by atoms with Crippen molar-refractivity contribution in [2.75, 3.05) is 5.75 Å². The summed E-state index contributed by atoms with van der Waals surface area (Å²) < 4.78 is 32.1. The second-order valence-corrected chi connectivity index (χ2v) is 11.7. The zero-order valence-corrected chi connectivity index (χ0v) is 24.7. The fourth-order valence-electron chi connectivity index (χ4n) is 4.04. The molecule has 38 heavy (non-hydrogen) atoms. The molecule has 0 aliphatic carbocycles. The van der Waals surface area contributed by atoms with Gasteiger partial charge < -0.3 is 15.5 Å². The minimum Gasteiger partial charge on any atom is -0.387 e. The van der Waals surface area contributed by atoms with Gasteiger partial charge in [-0.1, -0.05) is 108 Å². The van der Waals surface area contributed by atoms with Crippen LogP contribution in [0.1, 0.15) is 123 Å². The first-order valence-electron chi connectivity index (χ1n) is 14.8. The Bertz CT molecular complexity index is 763. The van der Waals surface area contributed by atoms with Gasteiger partial charge in [0.05, 0.1) is 17.9 Å². The van der Waals surface area contributed by atoms with Crippen LogP contribution >= 0.6 is 0 Å². The molecule has 0 aliphatic heterocycles. The molecule has 0 heterocycles. The predicted octanol–water partition coefficient (Wildman–Crippen LogP) is 6.42. The average molecular weight is 558 g/mol. The molecule has 222 valence electrons. The number of carbonyl (C=O) groups is 1. The fourth-order valence-corrected chi connectivity index (χ4v) is 4.77. The zero-order chi connectivity index (χ0) is 28.5. The van der Waals surface area contributed by atoms with Crippen molar-refractivity contribution in [1.29, 1.82) is 0 Å². The second-order valence-electron chi connectivity index (χ2n) is 10.2. The van der Waals surface area contributed by atoms with Crippen LogP contribution in [0.2, 0.25) is 0 Å². The molecule has 8 heteroatoms. The van der Waals surface area contributed by atoms with Crippen molar-refractivity contribution in [1.82, 2.24) is 5.32 Å². The molecule has 0 saturated carbocycles. The van der Waals surface area contributed by atoms with E-state index in [1.807, 2.05) is 0 Å². The number of unbranched alkanes of at least 4 members (excludes halogenated alkanes) is 12. The highest BCUT2D eigenvalue weighted by Crippen LogP contribution is 2.10. The van der Waals surface area contributed by atoms with Crippen LogP contribution in [0.5, 0.6) is 0 Å². The lowest BCUT2D eigenvalue weighted by Gasteiger charge is -2.22. The van der Waals surface area contributed by atoms with Crippen LogP contribution in [0.15, 0.2) is 36.5 Å². The van der Waals surface area contributed by atoms with Gasteiger partial charge in [0.2, 0.25) is 5.91 Å². The van der Waals surface area contributed by atoms with E-state index in [4.69, 9.17) is 0 Å². The third-order valence-corrected chi connectivity index (χ3v) is 7.18. The topological polar surface area (TPSA) is 124 Å². The minimum absolute atomic E-state index is 0.258. The van der Waals surface area contributed by atoms with Crippen molar-refractivity contribution in [2.24, 2.45) is 0 Å². The Hall–Kier alpha value is -1.48. The first-order valence-corrected chi connectivity index (χ1v) is 16.4. The van der Waals surface area contributed by atoms with Crippen LogP contribution in [0.25, 0.3) is 0 Å². The summed E-state index contributed by atoms with van der Waals surface area (Å²) in [5.74, 6) is -1.58. The SMILES string of the molecule is CCCC/C=C\CCCCCCC(O)C(=O)NC(CS(=O)(=O)O)C(O)/C=C/CC/C=C/CCCCCCC. The standard InChI is InChI=1S/C30H55NO6S/c1-3-5-7-9-11-13-15-17-18-20-22-24-28(32)27(26-38(35,36)37)31-30(34)29(33)25-23-21-19-16-14-12-10-8-6-4-2/h10,12,15,17,22,24,27-29,32-33H,3-9,11,13-14,16,18-21,23,25-26H2,1-2H3,(H,31,34)(H,35,36,37)/b12-10-,17-15+,24-22+. The molecule has 4 N–H and O–H groups in total. The molecule has 0 saturated heterocycles. The Morgan fingerprint density at radius 1 is 0.711 bits per heavy atom. The highest BCUT2D eigenvalue weighted by atomic mass is 32.2. The normalized spacial score (nSPS) is 15.0. The molecule has 3 unspecified atom stereocenters. The lowest BCUT2D eigenvalue weighted by molar-refractivity contribution is -0.130. The Kier molecular flexibility index (Phi) is 23.6. The Morgan fingerprint density at radius 2 is 1.21 bits per heavy atom. The van der Waals surface area contributed by atoms with Crippen molar-refractivity contribution >= 4 is 16.0 Å². The highest BCUT2D eigenvalue weighted by molar-refractivity contribution is 7.85. The Morgan fingerprint density at radius 3 is 1.79 bits per heavy atom. The van der Waals surface area contributed by atoms with E-state index >= 15 is 0 Å². The predicted molar refractivity (Wildman–Crippen MR) is 158 cm³/mol. The maximum absolute atomic E-state index is 12.4. The van der Waals surface area contributed by atoms with Gasteiger partial charge in [-0.15, -0.1) is 0 Å². The van der Waals surface area contributed by atoms with E-state index < -0.39 is 40.0 Å². The van der Waals surface area contributed by atoms with Crippen molar-refractivity contribution in [3.05, 3.63) is 36.5 Å². The minimum atomic E-state index is -4.44.